The summed E-state index contributed by atoms with van der Waals surface area (Å²) in [4.78, 5) is 12.6. The van der Waals surface area contributed by atoms with E-state index in [0.29, 0.717) is 46.0 Å². The minimum absolute atomic E-state index is 0. The Bertz CT molecular complexity index is 780. The molecule has 142 valence electrons. The average molecular weight is 399 g/mol. The highest BCUT2D eigenvalue weighted by Gasteiger charge is 2.17. The van der Waals surface area contributed by atoms with E-state index in [0.717, 1.165) is 5.56 Å². The number of nitrogens with one attached hydrogen (secondary N) is 1. The quantitative estimate of drug-likeness (QED) is 0.675. The number of hydrogen-bond acceptors (Lipinski definition) is 4. The molecule has 3 N–H and O–H groups in total. The third-order valence-corrected chi connectivity index (χ3v) is 3.84. The molecule has 0 heterocycles. The third-order valence-electron chi connectivity index (χ3n) is 3.56. The second-order valence-electron chi connectivity index (χ2n) is 6.22. The molecule has 0 aliphatic heterocycles. The van der Waals surface area contributed by atoms with Crippen molar-refractivity contribution in [1.29, 1.82) is 0 Å². The number of carbonyl (C=O) groups excluding carboxylic acids is 1. The molecule has 7 heteroatoms. The van der Waals surface area contributed by atoms with Crippen LogP contribution in [-0.4, -0.2) is 19.6 Å². The van der Waals surface area contributed by atoms with Crippen LogP contribution >= 0.6 is 24.0 Å². The van der Waals surface area contributed by atoms with Gasteiger partial charge in [-0.05, 0) is 42.7 Å². The predicted molar refractivity (Wildman–Crippen MR) is 109 cm³/mol. The second-order valence-corrected chi connectivity index (χ2v) is 6.63. The van der Waals surface area contributed by atoms with E-state index in [2.05, 4.69) is 5.32 Å². The number of benzene rings is 2. The molecule has 0 fully saturated rings. The molecule has 0 aliphatic rings. The lowest BCUT2D eigenvalue weighted by Gasteiger charge is -2.16. The summed E-state index contributed by atoms with van der Waals surface area (Å²) in [6.07, 6.45) is 0. The van der Waals surface area contributed by atoms with E-state index in [1.807, 2.05) is 26.8 Å². The van der Waals surface area contributed by atoms with E-state index in [1.165, 1.54) is 7.11 Å². The molecule has 0 atom stereocenters. The lowest BCUT2D eigenvalue weighted by Crippen LogP contribution is -2.14. The molecule has 0 aromatic heterocycles. The first-order chi connectivity index (χ1) is 11.8. The van der Waals surface area contributed by atoms with E-state index in [9.17, 15) is 4.79 Å². The maximum atomic E-state index is 12.6. The normalized spacial score (nSPS) is 10.2. The summed E-state index contributed by atoms with van der Waals surface area (Å²) in [6.45, 7) is 6.47. The number of ether oxygens (including phenoxy) is 2. The number of halogens is 2. The van der Waals surface area contributed by atoms with Gasteiger partial charge in [-0.1, -0.05) is 31.5 Å². The molecule has 0 radical (unpaired) electrons. The Morgan fingerprint density at radius 1 is 1.27 bits per heavy atom. The highest BCUT2D eigenvalue weighted by Crippen LogP contribution is 2.37. The monoisotopic (exact) mass is 398 g/mol. The fraction of sp³-hybridized carbons (Fsp3) is 0.316. The lowest BCUT2D eigenvalue weighted by atomic mass is 10.1. The number of aryl methyl sites for hydroxylation is 1. The molecule has 2 aromatic rings. The number of carbonyl (C=O) groups is 1. The number of anilines is 2. The number of rotatable bonds is 6. The summed E-state index contributed by atoms with van der Waals surface area (Å²) < 4.78 is 11.0. The Labute approximate surface area is 165 Å². The molecule has 0 saturated carbocycles. The molecular formula is C19H24Cl2N2O3. The molecule has 26 heavy (non-hydrogen) atoms. The molecule has 0 unspecified atom stereocenters. The predicted octanol–water partition coefficient (Wildman–Crippen LogP) is 4.95. The van der Waals surface area contributed by atoms with Crippen molar-refractivity contribution in [2.45, 2.75) is 20.8 Å². The second kappa shape index (κ2) is 9.55. The number of nitrogen functional groups attached to an aromatic ring is 1. The maximum absolute atomic E-state index is 12.6. The summed E-state index contributed by atoms with van der Waals surface area (Å²) in [5, 5.41) is 3.17. The first-order valence-corrected chi connectivity index (χ1v) is 8.37. The van der Waals surface area contributed by atoms with Crippen molar-refractivity contribution in [2.75, 3.05) is 24.8 Å². The van der Waals surface area contributed by atoms with Gasteiger partial charge in [-0.2, -0.15) is 0 Å². The number of amides is 1. The van der Waals surface area contributed by atoms with Crippen molar-refractivity contribution in [3.05, 3.63) is 46.5 Å². The summed E-state index contributed by atoms with van der Waals surface area (Å²) in [5.41, 5.74) is 8.30. The van der Waals surface area contributed by atoms with Crippen LogP contribution < -0.4 is 20.5 Å². The van der Waals surface area contributed by atoms with Gasteiger partial charge in [0.15, 0.2) is 11.5 Å². The van der Waals surface area contributed by atoms with Gasteiger partial charge in [-0.3, -0.25) is 4.79 Å². The summed E-state index contributed by atoms with van der Waals surface area (Å²) in [6, 6.07) is 8.52. The van der Waals surface area contributed by atoms with Crippen LogP contribution in [-0.2, 0) is 0 Å². The topological polar surface area (TPSA) is 73.6 Å². The molecule has 5 nitrogen and oxygen atoms in total. The molecule has 2 aromatic carbocycles. The van der Waals surface area contributed by atoms with Crippen molar-refractivity contribution in [2.24, 2.45) is 5.92 Å². The highest BCUT2D eigenvalue weighted by molar-refractivity contribution is 6.32. The third kappa shape index (κ3) is 5.44. The van der Waals surface area contributed by atoms with Crippen molar-refractivity contribution >= 4 is 41.3 Å². The zero-order valence-electron chi connectivity index (χ0n) is 15.3. The van der Waals surface area contributed by atoms with Crippen molar-refractivity contribution in [3.8, 4) is 11.5 Å². The van der Waals surface area contributed by atoms with E-state index in [-0.39, 0.29) is 18.3 Å². The van der Waals surface area contributed by atoms with Gasteiger partial charge < -0.3 is 20.5 Å². The zero-order chi connectivity index (χ0) is 18.6. The van der Waals surface area contributed by atoms with Gasteiger partial charge in [0.05, 0.1) is 18.7 Å². The zero-order valence-corrected chi connectivity index (χ0v) is 16.8. The Hall–Kier alpha value is -2.11. The van der Waals surface area contributed by atoms with E-state index in [1.54, 1.807) is 24.3 Å². The lowest BCUT2D eigenvalue weighted by molar-refractivity contribution is 0.102. The van der Waals surface area contributed by atoms with E-state index < -0.39 is 0 Å². The van der Waals surface area contributed by atoms with Gasteiger partial charge in [0, 0.05) is 16.9 Å². The van der Waals surface area contributed by atoms with E-state index >= 15 is 0 Å². The fourth-order valence-corrected chi connectivity index (χ4v) is 2.48. The molecule has 1 amide bonds. The van der Waals surface area contributed by atoms with Crippen LogP contribution in [0.1, 0.15) is 29.8 Å². The number of methoxy groups -OCH3 is 1. The number of nitrogens with two attached hydrogens (primary N) is 1. The minimum Gasteiger partial charge on any atom is -0.493 e. The van der Waals surface area contributed by atoms with Crippen molar-refractivity contribution < 1.29 is 14.3 Å². The molecule has 2 rings (SSSR count). The standard InChI is InChI=1S/C19H23ClN2O3.ClH/c1-11(2)10-25-18-15(20)7-13(8-17(18)24-4)19(23)22-16-9-14(21)6-5-12(16)3;/h5-9,11H,10,21H2,1-4H3,(H,22,23);1H. The van der Waals surface area contributed by atoms with Crippen molar-refractivity contribution in [1.82, 2.24) is 0 Å². The fourth-order valence-electron chi connectivity index (χ4n) is 2.21. The number of hydrogen-bond donors (Lipinski definition) is 2. The molecule has 0 saturated heterocycles. The average Bonchev–Trinajstić information content (AvgIpc) is 2.56. The van der Waals surface area contributed by atoms with Gasteiger partial charge in [0.25, 0.3) is 5.91 Å². The van der Waals surface area contributed by atoms with Crippen molar-refractivity contribution in [3.63, 3.8) is 0 Å². The Morgan fingerprint density at radius 3 is 2.58 bits per heavy atom. The van der Waals surface area contributed by atoms with E-state index in [4.69, 9.17) is 26.8 Å². The Kier molecular flexibility index (Phi) is 8.06. The minimum atomic E-state index is -0.302. The van der Waals surface area contributed by atoms with Crippen LogP contribution in [0.3, 0.4) is 0 Å². The molecular weight excluding hydrogens is 375 g/mol. The Balaban J connectivity index is 0.00000338. The first kappa shape index (κ1) is 21.9. The molecule has 0 bridgehead atoms. The van der Waals surface area contributed by atoms with Gasteiger partial charge in [0.1, 0.15) is 0 Å². The van der Waals surface area contributed by atoms with Gasteiger partial charge in [-0.15, -0.1) is 12.4 Å². The first-order valence-electron chi connectivity index (χ1n) is 7.99. The summed E-state index contributed by atoms with van der Waals surface area (Å²) >= 11 is 6.30. The van der Waals surface area contributed by atoms with Gasteiger partial charge in [0.2, 0.25) is 0 Å². The van der Waals surface area contributed by atoms with Gasteiger partial charge >= 0.3 is 0 Å². The summed E-state index contributed by atoms with van der Waals surface area (Å²) in [7, 11) is 1.51. The van der Waals surface area contributed by atoms with Crippen LogP contribution in [0.4, 0.5) is 11.4 Å². The SMILES string of the molecule is COc1cc(C(=O)Nc2cc(N)ccc2C)cc(Cl)c1OCC(C)C.Cl. The highest BCUT2D eigenvalue weighted by atomic mass is 35.5. The van der Waals surface area contributed by atoms with Gasteiger partial charge in [-0.25, -0.2) is 0 Å². The Morgan fingerprint density at radius 2 is 1.96 bits per heavy atom. The van der Waals surface area contributed by atoms with Crippen LogP contribution in [0.15, 0.2) is 30.3 Å². The van der Waals surface area contributed by atoms with Crippen LogP contribution in [0.2, 0.25) is 5.02 Å². The van der Waals surface area contributed by atoms with Crippen LogP contribution in [0.25, 0.3) is 0 Å². The largest absolute Gasteiger partial charge is 0.493 e. The smallest absolute Gasteiger partial charge is 0.255 e. The molecule has 0 spiro atoms. The summed E-state index contributed by atoms with van der Waals surface area (Å²) in [5.74, 6) is 0.900. The molecule has 0 aliphatic carbocycles. The van der Waals surface area contributed by atoms with Crippen LogP contribution in [0.5, 0.6) is 11.5 Å². The van der Waals surface area contributed by atoms with Crippen LogP contribution in [0, 0.1) is 12.8 Å². The maximum Gasteiger partial charge on any atom is 0.255 e.